The van der Waals surface area contributed by atoms with Crippen LogP contribution in [-0.2, 0) is 4.79 Å². The second-order valence-corrected chi connectivity index (χ2v) is 4.37. The highest BCUT2D eigenvalue weighted by molar-refractivity contribution is 6.05. The average Bonchev–Trinajstić information content (AvgIpc) is 3.05. The van der Waals surface area contributed by atoms with Gasteiger partial charge in [-0.25, -0.2) is 0 Å². The molecule has 3 N–H and O–H groups in total. The van der Waals surface area contributed by atoms with Crippen LogP contribution >= 0.6 is 0 Å². The first-order valence-electron chi connectivity index (χ1n) is 6.71. The van der Waals surface area contributed by atoms with E-state index in [1.54, 1.807) is 42.5 Å². The fourth-order valence-corrected chi connectivity index (χ4v) is 1.72. The lowest BCUT2D eigenvalue weighted by Crippen LogP contribution is -2.36. The van der Waals surface area contributed by atoms with Crippen molar-refractivity contribution in [2.75, 3.05) is 13.2 Å². The Morgan fingerprint density at radius 3 is 2.55 bits per heavy atom. The average molecular weight is 300 g/mol. The van der Waals surface area contributed by atoms with E-state index in [4.69, 9.17) is 9.52 Å². The molecule has 0 saturated heterocycles. The number of amides is 2. The van der Waals surface area contributed by atoms with Crippen molar-refractivity contribution in [3.8, 4) is 0 Å². The summed E-state index contributed by atoms with van der Waals surface area (Å²) in [5.41, 5.74) is 0.472. The number of hydrogen-bond donors (Lipinski definition) is 3. The fraction of sp³-hybridized carbons (Fsp3) is 0.125. The second kappa shape index (κ2) is 7.80. The number of benzene rings is 1. The molecule has 1 aromatic heterocycles. The van der Waals surface area contributed by atoms with Gasteiger partial charge in [0.1, 0.15) is 11.5 Å². The maximum absolute atomic E-state index is 12.1. The molecule has 0 unspecified atom stereocenters. The van der Waals surface area contributed by atoms with E-state index >= 15 is 0 Å². The third-order valence-corrected chi connectivity index (χ3v) is 2.76. The van der Waals surface area contributed by atoms with Crippen molar-refractivity contribution in [2.45, 2.75) is 0 Å². The van der Waals surface area contributed by atoms with Gasteiger partial charge in [0.25, 0.3) is 11.8 Å². The van der Waals surface area contributed by atoms with Crippen LogP contribution in [0.3, 0.4) is 0 Å². The lowest BCUT2D eigenvalue weighted by atomic mass is 10.2. The molecule has 0 fully saturated rings. The van der Waals surface area contributed by atoms with Gasteiger partial charge in [-0.1, -0.05) is 18.2 Å². The Labute approximate surface area is 127 Å². The topological polar surface area (TPSA) is 91.6 Å². The minimum Gasteiger partial charge on any atom is -0.465 e. The number of aliphatic hydroxyl groups excluding tert-OH is 1. The van der Waals surface area contributed by atoms with Crippen molar-refractivity contribution < 1.29 is 19.1 Å². The van der Waals surface area contributed by atoms with Gasteiger partial charge in [-0.3, -0.25) is 9.59 Å². The molecule has 0 bridgehead atoms. The molecule has 0 saturated carbocycles. The van der Waals surface area contributed by atoms with Crippen LogP contribution in [0.25, 0.3) is 6.08 Å². The first-order valence-corrected chi connectivity index (χ1v) is 6.71. The van der Waals surface area contributed by atoms with Crippen LogP contribution in [0, 0.1) is 0 Å². The van der Waals surface area contributed by atoms with Crippen LogP contribution in [0.5, 0.6) is 0 Å². The van der Waals surface area contributed by atoms with E-state index in [1.165, 1.54) is 12.3 Å². The number of rotatable bonds is 6. The zero-order valence-corrected chi connectivity index (χ0v) is 11.8. The van der Waals surface area contributed by atoms with Crippen LogP contribution in [0.15, 0.2) is 58.8 Å². The van der Waals surface area contributed by atoms with Gasteiger partial charge in [-0.2, -0.15) is 0 Å². The number of hydrogen-bond acceptors (Lipinski definition) is 4. The standard InChI is InChI=1S/C16H16N2O4/c19-9-8-17-16(21)14(11-13-7-4-10-22-13)18-15(20)12-5-2-1-3-6-12/h1-7,10-11,19H,8-9H2,(H,17,21)(H,18,20)/b14-11+. The highest BCUT2D eigenvalue weighted by Crippen LogP contribution is 2.07. The van der Waals surface area contributed by atoms with Crippen molar-refractivity contribution >= 4 is 17.9 Å². The maximum atomic E-state index is 12.1. The summed E-state index contributed by atoms with van der Waals surface area (Å²) in [5, 5.41) is 13.8. The lowest BCUT2D eigenvalue weighted by Gasteiger charge is -2.10. The smallest absolute Gasteiger partial charge is 0.268 e. The van der Waals surface area contributed by atoms with Gasteiger partial charge in [0.15, 0.2) is 0 Å². The summed E-state index contributed by atoms with van der Waals surface area (Å²) >= 11 is 0. The normalized spacial score (nSPS) is 11.0. The van der Waals surface area contributed by atoms with Gasteiger partial charge in [0, 0.05) is 18.2 Å². The zero-order chi connectivity index (χ0) is 15.8. The van der Waals surface area contributed by atoms with Gasteiger partial charge in [-0.05, 0) is 24.3 Å². The van der Waals surface area contributed by atoms with Gasteiger partial charge in [0.05, 0.1) is 12.9 Å². The number of aliphatic hydroxyl groups is 1. The van der Waals surface area contributed by atoms with Crippen molar-refractivity contribution in [2.24, 2.45) is 0 Å². The Kier molecular flexibility index (Phi) is 5.50. The number of carbonyl (C=O) groups is 2. The van der Waals surface area contributed by atoms with Crippen molar-refractivity contribution in [3.05, 3.63) is 65.7 Å². The predicted molar refractivity (Wildman–Crippen MR) is 80.7 cm³/mol. The molecule has 0 radical (unpaired) electrons. The highest BCUT2D eigenvalue weighted by atomic mass is 16.3. The van der Waals surface area contributed by atoms with E-state index in [1.807, 2.05) is 0 Å². The van der Waals surface area contributed by atoms with Crippen LogP contribution in [0.1, 0.15) is 16.1 Å². The Morgan fingerprint density at radius 2 is 1.91 bits per heavy atom. The summed E-state index contributed by atoms with van der Waals surface area (Å²) < 4.78 is 5.15. The quantitative estimate of drug-likeness (QED) is 0.698. The SMILES string of the molecule is O=C(NCCO)/C(=C\c1ccco1)NC(=O)c1ccccc1. The fourth-order valence-electron chi connectivity index (χ4n) is 1.72. The molecule has 6 nitrogen and oxygen atoms in total. The van der Waals surface area contributed by atoms with Crippen molar-refractivity contribution in [1.29, 1.82) is 0 Å². The summed E-state index contributed by atoms with van der Waals surface area (Å²) in [6.45, 7) is -0.0953. The largest absolute Gasteiger partial charge is 0.465 e. The lowest BCUT2D eigenvalue weighted by molar-refractivity contribution is -0.117. The van der Waals surface area contributed by atoms with Crippen LogP contribution < -0.4 is 10.6 Å². The minimum absolute atomic E-state index is 0.0391. The second-order valence-electron chi connectivity index (χ2n) is 4.37. The maximum Gasteiger partial charge on any atom is 0.268 e. The third kappa shape index (κ3) is 4.32. The number of carbonyl (C=O) groups excluding carboxylic acids is 2. The Hall–Kier alpha value is -2.86. The molecular weight excluding hydrogens is 284 g/mol. The molecule has 0 aliphatic carbocycles. The van der Waals surface area contributed by atoms with E-state index in [9.17, 15) is 9.59 Å². The number of furan rings is 1. The van der Waals surface area contributed by atoms with Crippen molar-refractivity contribution in [3.63, 3.8) is 0 Å². The molecule has 114 valence electrons. The molecule has 0 spiro atoms. The minimum atomic E-state index is -0.505. The summed E-state index contributed by atoms with van der Waals surface area (Å²) in [7, 11) is 0. The van der Waals surface area contributed by atoms with Crippen LogP contribution in [0.2, 0.25) is 0 Å². The molecule has 2 aromatic rings. The van der Waals surface area contributed by atoms with E-state index in [0.29, 0.717) is 11.3 Å². The molecule has 6 heteroatoms. The molecule has 0 aliphatic heterocycles. The Morgan fingerprint density at radius 1 is 1.14 bits per heavy atom. The predicted octanol–water partition coefficient (Wildman–Crippen LogP) is 1.16. The van der Waals surface area contributed by atoms with Crippen LogP contribution in [0.4, 0.5) is 0 Å². The highest BCUT2D eigenvalue weighted by Gasteiger charge is 2.14. The molecule has 2 amide bonds. The molecule has 22 heavy (non-hydrogen) atoms. The van der Waals surface area contributed by atoms with Crippen LogP contribution in [-0.4, -0.2) is 30.1 Å². The molecular formula is C16H16N2O4. The van der Waals surface area contributed by atoms with Crippen molar-refractivity contribution in [1.82, 2.24) is 10.6 Å². The summed E-state index contributed by atoms with van der Waals surface area (Å²) in [6.07, 6.45) is 2.89. The van der Waals surface area contributed by atoms with Gasteiger partial charge in [0.2, 0.25) is 0 Å². The van der Waals surface area contributed by atoms with Gasteiger partial charge >= 0.3 is 0 Å². The Bertz CT molecular complexity index is 648. The molecule has 0 aliphatic rings. The molecule has 0 atom stereocenters. The van der Waals surface area contributed by atoms with E-state index < -0.39 is 11.8 Å². The van der Waals surface area contributed by atoms with E-state index in [-0.39, 0.29) is 18.8 Å². The van der Waals surface area contributed by atoms with Gasteiger partial charge < -0.3 is 20.2 Å². The molecule has 1 heterocycles. The first-order chi connectivity index (χ1) is 10.7. The first kappa shape index (κ1) is 15.5. The molecule has 1 aromatic carbocycles. The summed E-state index contributed by atoms with van der Waals surface area (Å²) in [4.78, 5) is 24.2. The zero-order valence-electron chi connectivity index (χ0n) is 11.8. The number of nitrogens with one attached hydrogen (secondary N) is 2. The van der Waals surface area contributed by atoms with E-state index in [0.717, 1.165) is 0 Å². The molecule has 2 rings (SSSR count). The third-order valence-electron chi connectivity index (χ3n) is 2.76. The van der Waals surface area contributed by atoms with Gasteiger partial charge in [-0.15, -0.1) is 0 Å². The summed E-state index contributed by atoms with van der Waals surface area (Å²) in [5.74, 6) is -0.477. The Balaban J connectivity index is 2.17. The monoisotopic (exact) mass is 300 g/mol. The summed E-state index contributed by atoms with van der Waals surface area (Å²) in [6, 6.07) is 11.9. The van der Waals surface area contributed by atoms with E-state index in [2.05, 4.69) is 10.6 Å².